The third kappa shape index (κ3) is 3.29. The number of amides is 1. The van der Waals surface area contributed by atoms with Gasteiger partial charge in [-0.25, -0.2) is 4.98 Å². The number of thiazole rings is 1. The number of carbonyl (C=O) groups is 1. The number of hydrogen-bond acceptors (Lipinski definition) is 6. The van der Waals surface area contributed by atoms with Crippen LogP contribution in [0.3, 0.4) is 0 Å². The molecule has 0 aliphatic carbocycles. The predicted octanol–water partition coefficient (Wildman–Crippen LogP) is 3.47. The number of ether oxygens (including phenoxy) is 3. The molecule has 4 rings (SSSR count). The van der Waals surface area contributed by atoms with Gasteiger partial charge in [0.1, 0.15) is 13.2 Å². The van der Waals surface area contributed by atoms with Gasteiger partial charge in [0.25, 0.3) is 5.91 Å². The summed E-state index contributed by atoms with van der Waals surface area (Å²) in [5.41, 5.74) is 2.37. The normalized spacial score (nSPS) is 13.0. The first-order valence-electron chi connectivity index (χ1n) is 7.82. The number of nitrogens with zero attached hydrogens (tertiary/aromatic N) is 1. The van der Waals surface area contributed by atoms with E-state index in [9.17, 15) is 4.79 Å². The standard InChI is InChI=1S/C18H16N2O4S/c1-22-10-11-2-4-12(5-3-11)17(21)20-18-19-13-8-14-15(9-16(13)25-18)24-7-6-23-14/h2-5,8-9H,6-7,10H2,1H3,(H,19,20,21). The van der Waals surface area contributed by atoms with Crippen molar-refractivity contribution in [2.45, 2.75) is 6.61 Å². The molecule has 2 aromatic carbocycles. The molecule has 1 N–H and O–H groups in total. The Balaban J connectivity index is 1.54. The number of fused-ring (bicyclic) bond motifs is 2. The molecule has 0 bridgehead atoms. The van der Waals surface area contributed by atoms with Crippen molar-refractivity contribution in [3.63, 3.8) is 0 Å². The zero-order valence-electron chi connectivity index (χ0n) is 13.6. The molecule has 3 aromatic rings. The summed E-state index contributed by atoms with van der Waals surface area (Å²) in [7, 11) is 1.64. The highest BCUT2D eigenvalue weighted by atomic mass is 32.1. The van der Waals surface area contributed by atoms with E-state index in [1.807, 2.05) is 24.3 Å². The number of carbonyl (C=O) groups excluding carboxylic acids is 1. The van der Waals surface area contributed by atoms with E-state index in [1.165, 1.54) is 11.3 Å². The lowest BCUT2D eigenvalue weighted by atomic mass is 10.1. The summed E-state index contributed by atoms with van der Waals surface area (Å²) < 4.78 is 17.2. The fraction of sp³-hybridized carbons (Fsp3) is 0.222. The molecule has 0 radical (unpaired) electrons. The average molecular weight is 356 g/mol. The second kappa shape index (κ2) is 6.70. The van der Waals surface area contributed by atoms with Gasteiger partial charge in [0.05, 0.1) is 16.8 Å². The number of anilines is 1. The molecule has 0 saturated heterocycles. The third-order valence-electron chi connectivity index (χ3n) is 3.80. The maximum absolute atomic E-state index is 12.4. The molecule has 0 fully saturated rings. The molecule has 6 nitrogen and oxygen atoms in total. The van der Waals surface area contributed by atoms with Crippen molar-refractivity contribution in [2.24, 2.45) is 0 Å². The highest BCUT2D eigenvalue weighted by Gasteiger charge is 2.16. The van der Waals surface area contributed by atoms with Gasteiger partial charge in [-0.15, -0.1) is 0 Å². The van der Waals surface area contributed by atoms with Crippen LogP contribution >= 0.6 is 11.3 Å². The smallest absolute Gasteiger partial charge is 0.257 e. The van der Waals surface area contributed by atoms with Crippen LogP contribution in [0.5, 0.6) is 11.5 Å². The molecule has 2 heterocycles. The van der Waals surface area contributed by atoms with Gasteiger partial charge in [0.2, 0.25) is 0 Å². The Labute approximate surface area is 148 Å². The first-order chi connectivity index (χ1) is 12.2. The van der Waals surface area contributed by atoms with Crippen molar-refractivity contribution in [1.82, 2.24) is 4.98 Å². The van der Waals surface area contributed by atoms with Gasteiger partial charge >= 0.3 is 0 Å². The van der Waals surface area contributed by atoms with E-state index in [0.29, 0.717) is 42.0 Å². The number of benzene rings is 2. The number of methoxy groups -OCH3 is 1. The van der Waals surface area contributed by atoms with Gasteiger partial charge in [-0.1, -0.05) is 23.5 Å². The molecular weight excluding hydrogens is 340 g/mol. The van der Waals surface area contributed by atoms with Crippen LogP contribution in [0.4, 0.5) is 5.13 Å². The largest absolute Gasteiger partial charge is 0.486 e. The van der Waals surface area contributed by atoms with Gasteiger partial charge in [-0.2, -0.15) is 0 Å². The second-order valence-electron chi connectivity index (χ2n) is 5.57. The molecule has 1 aliphatic rings. The predicted molar refractivity (Wildman–Crippen MR) is 95.7 cm³/mol. The van der Waals surface area contributed by atoms with Crippen molar-refractivity contribution in [3.8, 4) is 11.5 Å². The Morgan fingerprint density at radius 1 is 1.20 bits per heavy atom. The fourth-order valence-electron chi connectivity index (χ4n) is 2.61. The summed E-state index contributed by atoms with van der Waals surface area (Å²) >= 11 is 1.41. The summed E-state index contributed by atoms with van der Waals surface area (Å²) in [6, 6.07) is 11.0. The van der Waals surface area contributed by atoms with E-state index in [4.69, 9.17) is 14.2 Å². The lowest BCUT2D eigenvalue weighted by molar-refractivity contribution is 0.102. The van der Waals surface area contributed by atoms with Crippen molar-refractivity contribution < 1.29 is 19.0 Å². The van der Waals surface area contributed by atoms with Crippen molar-refractivity contribution in [1.29, 1.82) is 0 Å². The zero-order chi connectivity index (χ0) is 17.2. The van der Waals surface area contributed by atoms with Gasteiger partial charge in [-0.3, -0.25) is 10.1 Å². The number of nitrogens with one attached hydrogen (secondary N) is 1. The molecule has 7 heteroatoms. The van der Waals surface area contributed by atoms with Crippen LogP contribution in [0.1, 0.15) is 15.9 Å². The second-order valence-corrected chi connectivity index (χ2v) is 6.60. The van der Waals surface area contributed by atoms with Gasteiger partial charge < -0.3 is 14.2 Å². The lowest BCUT2D eigenvalue weighted by Gasteiger charge is -2.17. The molecule has 1 amide bonds. The Morgan fingerprint density at radius 2 is 1.92 bits per heavy atom. The van der Waals surface area contributed by atoms with E-state index < -0.39 is 0 Å². The van der Waals surface area contributed by atoms with Gasteiger partial charge in [0, 0.05) is 24.8 Å². The summed E-state index contributed by atoms with van der Waals surface area (Å²) in [5, 5.41) is 3.39. The van der Waals surface area contributed by atoms with E-state index in [-0.39, 0.29) is 5.91 Å². The van der Waals surface area contributed by atoms with Crippen LogP contribution < -0.4 is 14.8 Å². The molecule has 0 saturated carbocycles. The maximum Gasteiger partial charge on any atom is 0.257 e. The first kappa shape index (κ1) is 15.9. The minimum Gasteiger partial charge on any atom is -0.486 e. The quantitative estimate of drug-likeness (QED) is 0.775. The van der Waals surface area contributed by atoms with Gasteiger partial charge in [0.15, 0.2) is 16.6 Å². The molecule has 128 valence electrons. The summed E-state index contributed by atoms with van der Waals surface area (Å²) in [4.78, 5) is 16.9. The number of rotatable bonds is 4. The Bertz CT molecular complexity index is 878. The van der Waals surface area contributed by atoms with Crippen LogP contribution in [0.15, 0.2) is 36.4 Å². The van der Waals surface area contributed by atoms with E-state index in [0.717, 1.165) is 15.8 Å². The molecule has 25 heavy (non-hydrogen) atoms. The summed E-state index contributed by atoms with van der Waals surface area (Å²) in [6.45, 7) is 1.60. The third-order valence-corrected chi connectivity index (χ3v) is 4.73. The highest BCUT2D eigenvalue weighted by molar-refractivity contribution is 7.22. The maximum atomic E-state index is 12.4. The molecule has 0 spiro atoms. The Morgan fingerprint density at radius 3 is 2.64 bits per heavy atom. The zero-order valence-corrected chi connectivity index (χ0v) is 14.4. The first-order valence-corrected chi connectivity index (χ1v) is 8.64. The van der Waals surface area contributed by atoms with Gasteiger partial charge in [-0.05, 0) is 17.7 Å². The molecule has 0 unspecified atom stereocenters. The van der Waals surface area contributed by atoms with E-state index in [1.54, 1.807) is 19.2 Å². The summed E-state index contributed by atoms with van der Waals surface area (Å²) in [6.07, 6.45) is 0. The minimum absolute atomic E-state index is 0.194. The van der Waals surface area contributed by atoms with Crippen molar-refractivity contribution in [3.05, 3.63) is 47.5 Å². The Hall–Kier alpha value is -2.64. The highest BCUT2D eigenvalue weighted by Crippen LogP contribution is 2.37. The molecule has 0 atom stereocenters. The van der Waals surface area contributed by atoms with Crippen molar-refractivity contribution >= 4 is 32.6 Å². The Kier molecular flexibility index (Phi) is 4.25. The number of aromatic nitrogens is 1. The molecular formula is C18H16N2O4S. The lowest BCUT2D eigenvalue weighted by Crippen LogP contribution is -2.15. The van der Waals surface area contributed by atoms with Crippen LogP contribution in [0, 0.1) is 0 Å². The van der Waals surface area contributed by atoms with E-state index in [2.05, 4.69) is 10.3 Å². The fourth-order valence-corrected chi connectivity index (χ4v) is 3.48. The minimum atomic E-state index is -0.194. The monoisotopic (exact) mass is 356 g/mol. The average Bonchev–Trinajstić information content (AvgIpc) is 3.01. The van der Waals surface area contributed by atoms with Crippen LogP contribution in [0.2, 0.25) is 0 Å². The van der Waals surface area contributed by atoms with Crippen LogP contribution in [-0.4, -0.2) is 31.2 Å². The SMILES string of the molecule is COCc1ccc(C(=O)Nc2nc3cc4c(cc3s2)OCCO4)cc1. The number of hydrogen-bond donors (Lipinski definition) is 1. The molecule has 1 aromatic heterocycles. The van der Waals surface area contributed by atoms with Crippen molar-refractivity contribution in [2.75, 3.05) is 25.6 Å². The van der Waals surface area contributed by atoms with Crippen LogP contribution in [-0.2, 0) is 11.3 Å². The topological polar surface area (TPSA) is 69.7 Å². The van der Waals surface area contributed by atoms with E-state index >= 15 is 0 Å². The van der Waals surface area contributed by atoms with Crippen LogP contribution in [0.25, 0.3) is 10.2 Å². The molecule has 1 aliphatic heterocycles. The summed E-state index contributed by atoms with van der Waals surface area (Å²) in [5.74, 6) is 1.21.